The first kappa shape index (κ1) is 14.8. The van der Waals surface area contributed by atoms with Crippen molar-refractivity contribution in [2.75, 3.05) is 39.5 Å². The van der Waals surface area contributed by atoms with E-state index in [9.17, 15) is 0 Å². The second-order valence-electron chi connectivity index (χ2n) is 7.02. The van der Waals surface area contributed by atoms with Crippen LogP contribution in [-0.4, -0.2) is 50.5 Å². The van der Waals surface area contributed by atoms with E-state index in [1.807, 2.05) is 0 Å². The SMILES string of the molecule is CCOC[C@H]1COCCC12CCN(C1CCCC1)CC2. The molecule has 0 amide bonds. The minimum absolute atomic E-state index is 0.516. The fourth-order valence-corrected chi connectivity index (χ4v) is 4.63. The molecule has 0 N–H and O–H groups in total. The van der Waals surface area contributed by atoms with Crippen molar-refractivity contribution >= 4 is 0 Å². The van der Waals surface area contributed by atoms with Crippen molar-refractivity contribution in [3.05, 3.63) is 0 Å². The quantitative estimate of drug-likeness (QED) is 0.790. The van der Waals surface area contributed by atoms with Gasteiger partial charge in [-0.2, -0.15) is 0 Å². The van der Waals surface area contributed by atoms with E-state index in [-0.39, 0.29) is 0 Å². The summed E-state index contributed by atoms with van der Waals surface area (Å²) in [6.45, 7) is 8.34. The highest BCUT2D eigenvalue weighted by molar-refractivity contribution is 4.95. The van der Waals surface area contributed by atoms with E-state index >= 15 is 0 Å². The van der Waals surface area contributed by atoms with Crippen molar-refractivity contribution in [2.45, 2.75) is 57.9 Å². The zero-order chi connectivity index (χ0) is 13.8. The molecule has 2 aliphatic heterocycles. The molecular weight excluding hydrogens is 250 g/mol. The number of piperidine rings is 1. The number of nitrogens with zero attached hydrogens (tertiary/aromatic N) is 1. The van der Waals surface area contributed by atoms with E-state index < -0.39 is 0 Å². The Balaban J connectivity index is 1.57. The molecule has 3 rings (SSSR count). The van der Waals surface area contributed by atoms with Crippen LogP contribution in [0.5, 0.6) is 0 Å². The molecule has 0 bridgehead atoms. The highest BCUT2D eigenvalue weighted by Crippen LogP contribution is 2.45. The van der Waals surface area contributed by atoms with Gasteiger partial charge in [0.15, 0.2) is 0 Å². The lowest BCUT2D eigenvalue weighted by Crippen LogP contribution is -2.51. The van der Waals surface area contributed by atoms with Crippen LogP contribution in [0.3, 0.4) is 0 Å². The Morgan fingerprint density at radius 3 is 2.60 bits per heavy atom. The van der Waals surface area contributed by atoms with Gasteiger partial charge in [-0.25, -0.2) is 0 Å². The number of hydrogen-bond acceptors (Lipinski definition) is 3. The lowest BCUT2D eigenvalue weighted by atomic mass is 9.66. The van der Waals surface area contributed by atoms with Crippen LogP contribution in [0.4, 0.5) is 0 Å². The Bertz CT molecular complexity index is 293. The molecule has 1 aliphatic carbocycles. The molecule has 0 aromatic heterocycles. The summed E-state index contributed by atoms with van der Waals surface area (Å²) in [7, 11) is 0. The Morgan fingerprint density at radius 2 is 1.90 bits per heavy atom. The summed E-state index contributed by atoms with van der Waals surface area (Å²) in [6, 6.07) is 0.900. The lowest BCUT2D eigenvalue weighted by molar-refractivity contribution is -0.102. The Morgan fingerprint density at radius 1 is 1.15 bits per heavy atom. The standard InChI is InChI=1S/C17H31NO2/c1-2-19-13-15-14-20-12-9-17(15)7-10-18(11-8-17)16-5-3-4-6-16/h15-16H,2-14H2,1H3/t15-/m0/s1. The maximum absolute atomic E-state index is 5.74. The van der Waals surface area contributed by atoms with Crippen LogP contribution in [0.25, 0.3) is 0 Å². The van der Waals surface area contributed by atoms with Crippen LogP contribution in [0.1, 0.15) is 51.9 Å². The van der Waals surface area contributed by atoms with Crippen LogP contribution >= 0.6 is 0 Å². The average molecular weight is 281 g/mol. The molecule has 2 heterocycles. The van der Waals surface area contributed by atoms with Gasteiger partial charge < -0.3 is 14.4 Å². The largest absolute Gasteiger partial charge is 0.381 e. The summed E-state index contributed by atoms with van der Waals surface area (Å²) in [4.78, 5) is 2.78. The molecule has 0 radical (unpaired) electrons. The molecule has 3 aliphatic rings. The minimum Gasteiger partial charge on any atom is -0.381 e. The molecule has 0 aromatic carbocycles. The molecule has 3 heteroatoms. The highest BCUT2D eigenvalue weighted by atomic mass is 16.5. The second kappa shape index (κ2) is 6.76. The van der Waals surface area contributed by atoms with Crippen molar-refractivity contribution < 1.29 is 9.47 Å². The minimum atomic E-state index is 0.516. The van der Waals surface area contributed by atoms with E-state index in [0.717, 1.165) is 32.5 Å². The molecule has 2 saturated heterocycles. The molecule has 3 nitrogen and oxygen atoms in total. The van der Waals surface area contributed by atoms with Gasteiger partial charge in [-0.1, -0.05) is 12.8 Å². The highest BCUT2D eigenvalue weighted by Gasteiger charge is 2.44. The van der Waals surface area contributed by atoms with E-state index in [1.165, 1.54) is 58.0 Å². The summed E-state index contributed by atoms with van der Waals surface area (Å²) in [5.74, 6) is 0.627. The fraction of sp³-hybridized carbons (Fsp3) is 1.00. The Labute approximate surface area is 124 Å². The Hall–Kier alpha value is -0.120. The zero-order valence-corrected chi connectivity index (χ0v) is 13.1. The lowest BCUT2D eigenvalue weighted by Gasteiger charge is -2.50. The molecule has 1 saturated carbocycles. The van der Waals surface area contributed by atoms with Gasteiger partial charge in [0.05, 0.1) is 13.2 Å². The van der Waals surface area contributed by atoms with Crippen molar-refractivity contribution in [1.29, 1.82) is 0 Å². The molecule has 0 aromatic rings. The molecule has 116 valence electrons. The van der Waals surface area contributed by atoms with E-state index in [2.05, 4.69) is 11.8 Å². The zero-order valence-electron chi connectivity index (χ0n) is 13.1. The van der Waals surface area contributed by atoms with Crippen LogP contribution in [0, 0.1) is 11.3 Å². The van der Waals surface area contributed by atoms with Gasteiger partial charge in [-0.05, 0) is 57.5 Å². The molecule has 3 fully saturated rings. The predicted molar refractivity (Wildman–Crippen MR) is 80.9 cm³/mol. The number of ether oxygens (including phenoxy) is 2. The number of hydrogen-bond donors (Lipinski definition) is 0. The molecular formula is C17H31NO2. The molecule has 0 unspecified atom stereocenters. The summed E-state index contributed by atoms with van der Waals surface area (Å²) < 4.78 is 11.5. The van der Waals surface area contributed by atoms with Crippen molar-refractivity contribution in [2.24, 2.45) is 11.3 Å². The Kier molecular flexibility index (Phi) is 5.00. The van der Waals surface area contributed by atoms with Crippen LogP contribution < -0.4 is 0 Å². The van der Waals surface area contributed by atoms with Gasteiger partial charge in [0, 0.05) is 25.2 Å². The third-order valence-electron chi connectivity index (χ3n) is 6.09. The smallest absolute Gasteiger partial charge is 0.0521 e. The van der Waals surface area contributed by atoms with Crippen LogP contribution in [0.2, 0.25) is 0 Å². The number of rotatable bonds is 4. The summed E-state index contributed by atoms with van der Waals surface area (Å²) in [5.41, 5.74) is 0.516. The topological polar surface area (TPSA) is 21.7 Å². The van der Waals surface area contributed by atoms with Crippen LogP contribution in [-0.2, 0) is 9.47 Å². The van der Waals surface area contributed by atoms with E-state index in [4.69, 9.17) is 9.47 Å². The first-order valence-electron chi connectivity index (χ1n) is 8.73. The monoisotopic (exact) mass is 281 g/mol. The maximum Gasteiger partial charge on any atom is 0.0521 e. The average Bonchev–Trinajstić information content (AvgIpc) is 3.02. The molecule has 1 atom stereocenters. The predicted octanol–water partition coefficient (Wildman–Crippen LogP) is 3.08. The fourth-order valence-electron chi connectivity index (χ4n) is 4.63. The van der Waals surface area contributed by atoms with Gasteiger partial charge in [0.2, 0.25) is 0 Å². The molecule has 1 spiro atoms. The third-order valence-corrected chi connectivity index (χ3v) is 6.09. The maximum atomic E-state index is 5.74. The van der Waals surface area contributed by atoms with Gasteiger partial charge in [0.25, 0.3) is 0 Å². The van der Waals surface area contributed by atoms with Gasteiger partial charge in [-0.15, -0.1) is 0 Å². The summed E-state index contributed by atoms with van der Waals surface area (Å²) in [5, 5.41) is 0. The van der Waals surface area contributed by atoms with Crippen molar-refractivity contribution in [3.8, 4) is 0 Å². The molecule has 20 heavy (non-hydrogen) atoms. The first-order chi connectivity index (χ1) is 9.84. The number of likely N-dealkylation sites (tertiary alicyclic amines) is 1. The second-order valence-corrected chi connectivity index (χ2v) is 7.02. The van der Waals surface area contributed by atoms with Crippen molar-refractivity contribution in [1.82, 2.24) is 4.90 Å². The van der Waals surface area contributed by atoms with Gasteiger partial charge >= 0.3 is 0 Å². The van der Waals surface area contributed by atoms with E-state index in [1.54, 1.807) is 0 Å². The van der Waals surface area contributed by atoms with Crippen molar-refractivity contribution in [3.63, 3.8) is 0 Å². The normalized spacial score (nSPS) is 31.9. The van der Waals surface area contributed by atoms with Gasteiger partial charge in [0.1, 0.15) is 0 Å². The summed E-state index contributed by atoms with van der Waals surface area (Å²) in [6.07, 6.45) is 9.77. The first-order valence-corrected chi connectivity index (χ1v) is 8.73. The van der Waals surface area contributed by atoms with Gasteiger partial charge in [-0.3, -0.25) is 0 Å². The van der Waals surface area contributed by atoms with E-state index in [0.29, 0.717) is 11.3 Å². The third kappa shape index (κ3) is 3.05. The summed E-state index contributed by atoms with van der Waals surface area (Å²) >= 11 is 0. The van der Waals surface area contributed by atoms with Crippen LogP contribution in [0.15, 0.2) is 0 Å².